The van der Waals surface area contributed by atoms with Gasteiger partial charge in [-0.05, 0) is 61.6 Å². The van der Waals surface area contributed by atoms with Crippen LogP contribution in [0.25, 0.3) is 5.69 Å². The Hall–Kier alpha value is -4.84. The molecule has 2 aromatic carbocycles. The monoisotopic (exact) mass is 656 g/mol. The Morgan fingerprint density at radius 1 is 1.02 bits per heavy atom. The highest BCUT2D eigenvalue weighted by atomic mass is 16.3. The number of Topliss-reactive ketones (excluding diaryl/α,β-unsaturated/α-hetero) is 1. The van der Waals surface area contributed by atoms with Gasteiger partial charge in [0, 0.05) is 31.0 Å². The minimum absolute atomic E-state index is 0.169. The lowest BCUT2D eigenvalue weighted by Crippen LogP contribution is -2.46. The normalized spacial score (nSPS) is 17.2. The fourth-order valence-electron chi connectivity index (χ4n) is 6.28. The molecule has 48 heavy (non-hydrogen) atoms. The van der Waals surface area contributed by atoms with E-state index in [1.165, 1.54) is 0 Å². The Bertz CT molecular complexity index is 1690. The molecule has 4 amide bonds. The molecule has 1 unspecified atom stereocenters. The first-order valence-electron chi connectivity index (χ1n) is 16.7. The van der Waals surface area contributed by atoms with Gasteiger partial charge in [0.1, 0.15) is 0 Å². The van der Waals surface area contributed by atoms with E-state index in [1.807, 2.05) is 36.1 Å². The van der Waals surface area contributed by atoms with E-state index >= 15 is 0 Å². The molecule has 12 heteroatoms. The third-order valence-electron chi connectivity index (χ3n) is 8.97. The zero-order valence-corrected chi connectivity index (χ0v) is 27.8. The number of nitrogens with zero attached hydrogens (tertiary/aromatic N) is 4. The molecule has 0 spiro atoms. The lowest BCUT2D eigenvalue weighted by atomic mass is 9.93. The molecule has 1 aromatic heterocycles. The second-order valence-electron chi connectivity index (χ2n) is 12.6. The van der Waals surface area contributed by atoms with Crippen LogP contribution in [0.1, 0.15) is 90.0 Å². The molecule has 0 aliphatic carbocycles. The summed E-state index contributed by atoms with van der Waals surface area (Å²) in [5.74, 6) is -1.79. The van der Waals surface area contributed by atoms with E-state index in [0.717, 1.165) is 36.8 Å². The van der Waals surface area contributed by atoms with Crippen molar-refractivity contribution < 1.29 is 29.1 Å². The summed E-state index contributed by atoms with van der Waals surface area (Å²) in [6, 6.07) is 13.0. The Morgan fingerprint density at radius 2 is 1.73 bits per heavy atom. The number of nitrogens with one attached hydrogen (secondary N) is 2. The number of rotatable bonds is 13. The number of carbonyl (C=O) groups is 5. The highest BCUT2D eigenvalue weighted by Gasteiger charge is 2.33. The van der Waals surface area contributed by atoms with Crippen LogP contribution in [0.15, 0.2) is 48.5 Å². The number of aryl methyl sites for hydroxylation is 1. The number of benzene rings is 2. The van der Waals surface area contributed by atoms with Crippen LogP contribution in [-0.2, 0) is 27.3 Å². The highest BCUT2D eigenvalue weighted by molar-refractivity contribution is 6.09. The van der Waals surface area contributed by atoms with Gasteiger partial charge in [-0.15, -0.1) is 0 Å². The zero-order chi connectivity index (χ0) is 34.4. The van der Waals surface area contributed by atoms with Gasteiger partial charge in [-0.3, -0.25) is 24.0 Å². The number of anilines is 1. The molecule has 0 radical (unpaired) electrons. The lowest BCUT2D eigenvalue weighted by molar-refractivity contribution is -0.124. The van der Waals surface area contributed by atoms with Gasteiger partial charge in [0.15, 0.2) is 11.5 Å². The number of carbonyl (C=O) groups excluding carboxylic acids is 5. The predicted molar refractivity (Wildman–Crippen MR) is 180 cm³/mol. The minimum atomic E-state index is -0.895. The molecule has 3 N–H and O–H groups in total. The van der Waals surface area contributed by atoms with Gasteiger partial charge in [-0.25, -0.2) is 4.68 Å². The summed E-state index contributed by atoms with van der Waals surface area (Å²) in [5, 5.41) is 20.3. The van der Waals surface area contributed by atoms with Crippen molar-refractivity contribution in [3.05, 3.63) is 76.6 Å². The third-order valence-corrected chi connectivity index (χ3v) is 8.97. The van der Waals surface area contributed by atoms with E-state index in [-0.39, 0.29) is 54.8 Å². The number of aliphatic hydroxyl groups is 1. The Balaban J connectivity index is 1.50. The van der Waals surface area contributed by atoms with Crippen molar-refractivity contribution in [3.63, 3.8) is 0 Å². The number of amides is 4. The first-order chi connectivity index (χ1) is 23.1. The van der Waals surface area contributed by atoms with Gasteiger partial charge >= 0.3 is 0 Å². The van der Waals surface area contributed by atoms with Gasteiger partial charge in [-0.1, -0.05) is 51.0 Å². The second kappa shape index (κ2) is 15.4. The molecular formula is C36H44N6O6. The molecule has 0 saturated carbocycles. The topological polar surface area (TPSA) is 154 Å². The van der Waals surface area contributed by atoms with Crippen LogP contribution in [-0.4, -0.2) is 85.9 Å². The fraction of sp³-hybridized carbons (Fsp3) is 0.444. The summed E-state index contributed by atoms with van der Waals surface area (Å²) in [5.41, 5.74) is 3.91. The first kappa shape index (κ1) is 34.5. The number of hydrogen-bond donors (Lipinski definition) is 3. The van der Waals surface area contributed by atoms with Gasteiger partial charge in [0.2, 0.25) is 11.8 Å². The molecule has 2 atom stereocenters. The molecule has 2 aliphatic heterocycles. The second-order valence-corrected chi connectivity index (χ2v) is 12.6. The summed E-state index contributed by atoms with van der Waals surface area (Å²) in [4.78, 5) is 68.2. The maximum Gasteiger partial charge on any atom is 0.274 e. The number of aromatic nitrogens is 2. The number of fused-ring (bicyclic) bond motifs is 1. The predicted octanol–water partition coefficient (Wildman–Crippen LogP) is 3.57. The standard InChI is InChI=1S/C36H44N6O6/c1-4-6-14-40(15-7-5-2)36(48)30-16-23(3)42(39-30)31-13-12-26(37-33(45)19-29-32(44)20-34(46)38-29)18-28(31)35(47)41-21-25-11-9-8-10-24(25)17-27(41)22-43/h8-13,16,18,27,29,43H,4-7,14-15,17,19-22H2,1-3H3,(H,37,45)(H,38,46)/t27-,29?/m0/s1. The van der Waals surface area contributed by atoms with Crippen LogP contribution in [0.5, 0.6) is 0 Å². The van der Waals surface area contributed by atoms with Crippen LogP contribution in [0.4, 0.5) is 5.69 Å². The van der Waals surface area contributed by atoms with Crippen molar-refractivity contribution in [2.75, 3.05) is 25.0 Å². The molecule has 2 aliphatic rings. The van der Waals surface area contributed by atoms with Crippen molar-refractivity contribution in [1.82, 2.24) is 24.9 Å². The van der Waals surface area contributed by atoms with Gasteiger partial charge in [-0.2, -0.15) is 5.10 Å². The third kappa shape index (κ3) is 7.65. The molecular weight excluding hydrogens is 612 g/mol. The lowest BCUT2D eigenvalue weighted by Gasteiger charge is -2.36. The average molecular weight is 657 g/mol. The summed E-state index contributed by atoms with van der Waals surface area (Å²) < 4.78 is 1.57. The maximum atomic E-state index is 14.5. The molecule has 12 nitrogen and oxygen atoms in total. The summed E-state index contributed by atoms with van der Waals surface area (Å²) in [6.07, 6.45) is 3.68. The Morgan fingerprint density at radius 3 is 2.38 bits per heavy atom. The van der Waals surface area contributed by atoms with E-state index in [9.17, 15) is 29.1 Å². The van der Waals surface area contributed by atoms with Crippen LogP contribution in [0.2, 0.25) is 0 Å². The fourth-order valence-corrected chi connectivity index (χ4v) is 6.28. The van der Waals surface area contributed by atoms with Crippen molar-refractivity contribution >= 4 is 35.1 Å². The molecule has 0 bridgehead atoms. The van der Waals surface area contributed by atoms with Crippen molar-refractivity contribution in [3.8, 4) is 5.69 Å². The molecule has 5 rings (SSSR count). The minimum Gasteiger partial charge on any atom is -0.394 e. The Labute approximate surface area is 280 Å². The van der Waals surface area contributed by atoms with E-state index in [1.54, 1.807) is 33.8 Å². The number of unbranched alkanes of at least 4 members (excludes halogenated alkanes) is 2. The number of aliphatic hydroxyl groups excluding tert-OH is 1. The van der Waals surface area contributed by atoms with E-state index in [0.29, 0.717) is 36.6 Å². The maximum absolute atomic E-state index is 14.5. The van der Waals surface area contributed by atoms with Gasteiger partial charge in [0.25, 0.3) is 11.8 Å². The van der Waals surface area contributed by atoms with Crippen molar-refractivity contribution in [2.24, 2.45) is 0 Å². The zero-order valence-electron chi connectivity index (χ0n) is 27.8. The van der Waals surface area contributed by atoms with Crippen LogP contribution >= 0.6 is 0 Å². The smallest absolute Gasteiger partial charge is 0.274 e. The molecule has 3 aromatic rings. The number of ketones is 1. The highest BCUT2D eigenvalue weighted by Crippen LogP contribution is 2.29. The van der Waals surface area contributed by atoms with E-state index in [2.05, 4.69) is 24.5 Å². The quantitative estimate of drug-likeness (QED) is 0.238. The van der Waals surface area contributed by atoms with Crippen LogP contribution in [0.3, 0.4) is 0 Å². The van der Waals surface area contributed by atoms with Crippen LogP contribution in [0, 0.1) is 6.92 Å². The largest absolute Gasteiger partial charge is 0.394 e. The van der Waals surface area contributed by atoms with Gasteiger partial charge in [0.05, 0.1) is 42.8 Å². The summed E-state index contributed by atoms with van der Waals surface area (Å²) in [6.45, 7) is 7.30. The first-order valence-corrected chi connectivity index (χ1v) is 16.7. The molecule has 1 saturated heterocycles. The van der Waals surface area contributed by atoms with E-state index < -0.39 is 23.9 Å². The van der Waals surface area contributed by atoms with Crippen molar-refractivity contribution in [2.45, 2.75) is 84.3 Å². The Kier molecular flexibility index (Phi) is 11.0. The SMILES string of the molecule is CCCCN(CCCC)C(=O)c1cc(C)n(-c2ccc(NC(=O)CC3NC(=O)CC3=O)cc2C(=O)N2Cc3ccccc3C[C@H]2CO)n1. The van der Waals surface area contributed by atoms with Gasteiger partial charge < -0.3 is 25.5 Å². The molecule has 1 fully saturated rings. The molecule has 3 heterocycles. The summed E-state index contributed by atoms with van der Waals surface area (Å²) >= 11 is 0. The van der Waals surface area contributed by atoms with Crippen molar-refractivity contribution in [1.29, 1.82) is 0 Å². The molecule has 254 valence electrons. The van der Waals surface area contributed by atoms with E-state index in [4.69, 9.17) is 5.10 Å². The average Bonchev–Trinajstić information content (AvgIpc) is 3.62. The van der Waals surface area contributed by atoms with Crippen LogP contribution < -0.4 is 10.6 Å². The summed E-state index contributed by atoms with van der Waals surface area (Å²) in [7, 11) is 0. The number of hydrogen-bond acceptors (Lipinski definition) is 7.